The lowest BCUT2D eigenvalue weighted by Crippen LogP contribution is -2.28. The Bertz CT molecular complexity index is 716. The summed E-state index contributed by atoms with van der Waals surface area (Å²) in [6.07, 6.45) is 3.41. The van der Waals surface area contributed by atoms with Gasteiger partial charge in [-0.2, -0.15) is 0 Å². The molecule has 6 heteroatoms. The van der Waals surface area contributed by atoms with Crippen LogP contribution >= 0.6 is 11.6 Å². The van der Waals surface area contributed by atoms with Gasteiger partial charge in [0.1, 0.15) is 5.69 Å². The van der Waals surface area contributed by atoms with Crippen molar-refractivity contribution in [2.75, 3.05) is 18.9 Å². The van der Waals surface area contributed by atoms with Crippen molar-refractivity contribution in [2.45, 2.75) is 19.8 Å². The summed E-state index contributed by atoms with van der Waals surface area (Å²) in [5.41, 5.74) is 1.28. The molecule has 1 N–H and O–H groups in total. The van der Waals surface area contributed by atoms with Crippen molar-refractivity contribution in [2.24, 2.45) is 0 Å². The van der Waals surface area contributed by atoms with Crippen LogP contribution in [0.4, 0.5) is 5.69 Å². The van der Waals surface area contributed by atoms with E-state index in [0.29, 0.717) is 22.8 Å². The van der Waals surface area contributed by atoms with E-state index >= 15 is 0 Å². The topological polar surface area (TPSA) is 62.3 Å². The average molecular weight is 346 g/mol. The molecule has 0 saturated carbocycles. The highest BCUT2D eigenvalue weighted by molar-refractivity contribution is 6.30. The number of hydrogen-bond donors (Lipinski definition) is 1. The standard InChI is InChI=1S/C18H20ClN3O2/c1-3-4-11-22(2)18(24)16-12-13(9-10-20-16)17(23)21-15-7-5-14(19)6-8-15/h5-10,12H,3-4,11H2,1-2H3,(H,21,23). The monoisotopic (exact) mass is 345 g/mol. The Labute approximate surface area is 146 Å². The molecule has 2 amide bonds. The van der Waals surface area contributed by atoms with Gasteiger partial charge in [0, 0.05) is 36.1 Å². The molecule has 1 aromatic heterocycles. The van der Waals surface area contributed by atoms with Crippen LogP contribution in [0.15, 0.2) is 42.6 Å². The molecule has 0 spiro atoms. The molecular weight excluding hydrogens is 326 g/mol. The number of aromatic nitrogens is 1. The quantitative estimate of drug-likeness (QED) is 0.864. The molecule has 126 valence electrons. The van der Waals surface area contributed by atoms with Crippen LogP contribution < -0.4 is 5.32 Å². The number of unbranched alkanes of at least 4 members (excludes halogenated alkanes) is 1. The van der Waals surface area contributed by atoms with Crippen LogP contribution in [0.3, 0.4) is 0 Å². The molecule has 0 radical (unpaired) electrons. The fourth-order valence-corrected chi connectivity index (χ4v) is 2.24. The second-order valence-corrected chi connectivity index (χ2v) is 5.91. The maximum Gasteiger partial charge on any atom is 0.272 e. The fourth-order valence-electron chi connectivity index (χ4n) is 2.12. The molecule has 0 unspecified atom stereocenters. The molecule has 0 bridgehead atoms. The third kappa shape index (κ3) is 4.80. The van der Waals surface area contributed by atoms with Crippen molar-refractivity contribution in [1.82, 2.24) is 9.88 Å². The second-order valence-electron chi connectivity index (χ2n) is 5.47. The Morgan fingerprint density at radius 1 is 1.21 bits per heavy atom. The molecule has 1 aromatic carbocycles. The number of halogens is 1. The van der Waals surface area contributed by atoms with Crippen LogP contribution in [-0.4, -0.2) is 35.3 Å². The number of pyridine rings is 1. The summed E-state index contributed by atoms with van der Waals surface area (Å²) in [5, 5.41) is 3.36. The normalized spacial score (nSPS) is 10.3. The average Bonchev–Trinajstić information content (AvgIpc) is 2.61. The maximum absolute atomic E-state index is 12.3. The first-order valence-electron chi connectivity index (χ1n) is 7.79. The van der Waals surface area contributed by atoms with E-state index in [2.05, 4.69) is 17.2 Å². The Hall–Kier alpha value is -2.40. The number of anilines is 1. The number of rotatable bonds is 6. The number of benzene rings is 1. The lowest BCUT2D eigenvalue weighted by atomic mass is 10.2. The number of carbonyl (C=O) groups is 2. The summed E-state index contributed by atoms with van der Waals surface area (Å²) < 4.78 is 0. The van der Waals surface area contributed by atoms with Crippen LogP contribution in [0.5, 0.6) is 0 Å². The molecule has 2 aromatic rings. The van der Waals surface area contributed by atoms with Gasteiger partial charge in [-0.15, -0.1) is 0 Å². The molecule has 2 rings (SSSR count). The van der Waals surface area contributed by atoms with E-state index in [0.717, 1.165) is 12.8 Å². The van der Waals surface area contributed by atoms with Gasteiger partial charge in [0.25, 0.3) is 11.8 Å². The van der Waals surface area contributed by atoms with Gasteiger partial charge in [0.2, 0.25) is 0 Å². The highest BCUT2D eigenvalue weighted by Gasteiger charge is 2.15. The van der Waals surface area contributed by atoms with Crippen molar-refractivity contribution in [3.05, 3.63) is 58.9 Å². The zero-order valence-corrected chi connectivity index (χ0v) is 14.5. The van der Waals surface area contributed by atoms with Crippen LogP contribution in [-0.2, 0) is 0 Å². The Morgan fingerprint density at radius 2 is 1.92 bits per heavy atom. The molecule has 0 aliphatic carbocycles. The summed E-state index contributed by atoms with van der Waals surface area (Å²) in [5.74, 6) is -0.491. The summed E-state index contributed by atoms with van der Waals surface area (Å²) in [4.78, 5) is 30.4. The van der Waals surface area contributed by atoms with E-state index < -0.39 is 0 Å². The highest BCUT2D eigenvalue weighted by Crippen LogP contribution is 2.15. The minimum atomic E-state index is -0.301. The maximum atomic E-state index is 12.3. The first-order chi connectivity index (χ1) is 11.5. The Morgan fingerprint density at radius 3 is 2.58 bits per heavy atom. The van der Waals surface area contributed by atoms with Gasteiger partial charge in [0.15, 0.2) is 0 Å². The number of nitrogens with one attached hydrogen (secondary N) is 1. The van der Waals surface area contributed by atoms with Crippen LogP contribution in [0.2, 0.25) is 5.02 Å². The van der Waals surface area contributed by atoms with Gasteiger partial charge >= 0.3 is 0 Å². The summed E-state index contributed by atoms with van der Waals surface area (Å²) in [7, 11) is 1.74. The third-order valence-electron chi connectivity index (χ3n) is 3.54. The number of amides is 2. The molecule has 1 heterocycles. The number of nitrogens with zero attached hydrogens (tertiary/aromatic N) is 2. The zero-order chi connectivity index (χ0) is 17.5. The third-order valence-corrected chi connectivity index (χ3v) is 3.79. The molecule has 0 atom stereocenters. The Balaban J connectivity index is 2.10. The van der Waals surface area contributed by atoms with Crippen LogP contribution in [0.25, 0.3) is 0 Å². The van der Waals surface area contributed by atoms with E-state index in [1.807, 2.05) is 0 Å². The summed E-state index contributed by atoms with van der Waals surface area (Å²) in [6, 6.07) is 9.91. The van der Waals surface area contributed by atoms with Gasteiger partial charge in [-0.1, -0.05) is 24.9 Å². The molecule has 0 aliphatic rings. The lowest BCUT2D eigenvalue weighted by molar-refractivity contribution is 0.0787. The Kier molecular flexibility index (Phi) is 6.32. The van der Waals surface area contributed by atoms with Crippen LogP contribution in [0, 0.1) is 0 Å². The van der Waals surface area contributed by atoms with Crippen molar-refractivity contribution >= 4 is 29.1 Å². The zero-order valence-electron chi connectivity index (χ0n) is 13.8. The molecule has 0 fully saturated rings. The van der Waals surface area contributed by atoms with Crippen molar-refractivity contribution in [3.8, 4) is 0 Å². The number of carbonyl (C=O) groups excluding carboxylic acids is 2. The van der Waals surface area contributed by atoms with Gasteiger partial charge < -0.3 is 10.2 Å². The molecule has 0 saturated heterocycles. The SMILES string of the molecule is CCCCN(C)C(=O)c1cc(C(=O)Nc2ccc(Cl)cc2)ccn1. The van der Waals surface area contributed by atoms with Gasteiger partial charge in [0.05, 0.1) is 0 Å². The smallest absolute Gasteiger partial charge is 0.272 e. The van der Waals surface area contributed by atoms with E-state index in [9.17, 15) is 9.59 Å². The summed E-state index contributed by atoms with van der Waals surface area (Å²) in [6.45, 7) is 2.73. The molecular formula is C18H20ClN3O2. The first-order valence-corrected chi connectivity index (χ1v) is 8.17. The van der Waals surface area contributed by atoms with Gasteiger partial charge in [-0.25, -0.2) is 0 Å². The van der Waals surface area contributed by atoms with Gasteiger partial charge in [-0.05, 0) is 42.8 Å². The first kappa shape index (κ1) is 17.9. The lowest BCUT2D eigenvalue weighted by Gasteiger charge is -2.16. The predicted octanol–water partition coefficient (Wildman–Crippen LogP) is 3.86. The highest BCUT2D eigenvalue weighted by atomic mass is 35.5. The van der Waals surface area contributed by atoms with E-state index in [4.69, 9.17) is 11.6 Å². The molecule has 24 heavy (non-hydrogen) atoms. The minimum Gasteiger partial charge on any atom is -0.340 e. The van der Waals surface area contributed by atoms with Gasteiger partial charge in [-0.3, -0.25) is 14.6 Å². The largest absolute Gasteiger partial charge is 0.340 e. The molecule has 0 aliphatic heterocycles. The number of hydrogen-bond acceptors (Lipinski definition) is 3. The van der Waals surface area contributed by atoms with Crippen molar-refractivity contribution in [1.29, 1.82) is 0 Å². The van der Waals surface area contributed by atoms with E-state index in [1.165, 1.54) is 12.3 Å². The van der Waals surface area contributed by atoms with E-state index in [1.54, 1.807) is 42.3 Å². The van der Waals surface area contributed by atoms with E-state index in [-0.39, 0.29) is 17.5 Å². The molecule has 5 nitrogen and oxygen atoms in total. The minimum absolute atomic E-state index is 0.190. The van der Waals surface area contributed by atoms with Crippen molar-refractivity contribution in [3.63, 3.8) is 0 Å². The van der Waals surface area contributed by atoms with Crippen molar-refractivity contribution < 1.29 is 9.59 Å². The fraction of sp³-hybridized carbons (Fsp3) is 0.278. The predicted molar refractivity (Wildman–Crippen MR) is 95.5 cm³/mol. The second kappa shape index (κ2) is 8.45. The van der Waals surface area contributed by atoms with Crippen LogP contribution in [0.1, 0.15) is 40.6 Å². The summed E-state index contributed by atoms with van der Waals surface area (Å²) >= 11 is 5.82.